The van der Waals surface area contributed by atoms with Gasteiger partial charge in [0.1, 0.15) is 5.82 Å². The highest BCUT2D eigenvalue weighted by atomic mass is 16.5. The zero-order chi connectivity index (χ0) is 19.8. The number of ether oxygens (including phenoxy) is 1. The number of amides is 1. The van der Waals surface area contributed by atoms with E-state index >= 15 is 0 Å². The van der Waals surface area contributed by atoms with Gasteiger partial charge in [-0.15, -0.1) is 0 Å². The summed E-state index contributed by atoms with van der Waals surface area (Å²) in [6.07, 6.45) is 6.30. The van der Waals surface area contributed by atoms with Gasteiger partial charge in [-0.25, -0.2) is 4.79 Å². The average molecular weight is 380 g/mol. The summed E-state index contributed by atoms with van der Waals surface area (Å²) in [7, 11) is 0. The van der Waals surface area contributed by atoms with Gasteiger partial charge in [0, 0.05) is 26.1 Å². The Bertz CT molecular complexity index is 734. The lowest BCUT2D eigenvalue weighted by molar-refractivity contribution is -0.119. The number of unbranched alkanes of at least 4 members (excludes halogenated alkanes) is 2. The molecule has 0 radical (unpaired) electrons. The highest BCUT2D eigenvalue weighted by Gasteiger charge is 2.25. The molecule has 3 N–H and O–H groups in total. The van der Waals surface area contributed by atoms with Crippen molar-refractivity contribution in [1.29, 1.82) is 0 Å². The van der Waals surface area contributed by atoms with E-state index in [1.165, 1.54) is 9.47 Å². The van der Waals surface area contributed by atoms with E-state index in [1.807, 2.05) is 13.8 Å². The summed E-state index contributed by atoms with van der Waals surface area (Å²) in [6, 6.07) is 0. The first-order valence-corrected chi connectivity index (χ1v) is 10.0. The van der Waals surface area contributed by atoms with Crippen molar-refractivity contribution < 1.29 is 9.53 Å². The normalized spacial score (nSPS) is 16.6. The molecule has 0 aliphatic carbocycles. The number of aromatic amines is 1. The number of rotatable bonds is 10. The Balaban J connectivity index is 2.29. The molecule has 0 spiro atoms. The maximum Gasteiger partial charge on any atom is 0.330 e. The summed E-state index contributed by atoms with van der Waals surface area (Å²) in [4.78, 5) is 41.3. The van der Waals surface area contributed by atoms with Crippen LogP contribution in [-0.4, -0.2) is 34.7 Å². The number of aromatic nitrogens is 2. The van der Waals surface area contributed by atoms with Crippen molar-refractivity contribution in [3.63, 3.8) is 0 Å². The van der Waals surface area contributed by atoms with Gasteiger partial charge in [-0.05, 0) is 32.1 Å². The highest BCUT2D eigenvalue weighted by Crippen LogP contribution is 2.22. The molecule has 1 aromatic heterocycles. The number of carbonyl (C=O) groups excluding carboxylic acids is 1. The lowest BCUT2D eigenvalue weighted by Gasteiger charge is -2.25. The van der Waals surface area contributed by atoms with Gasteiger partial charge in [0.15, 0.2) is 5.69 Å². The van der Waals surface area contributed by atoms with E-state index in [9.17, 15) is 14.4 Å². The van der Waals surface area contributed by atoms with Gasteiger partial charge < -0.3 is 15.4 Å². The van der Waals surface area contributed by atoms with E-state index in [1.54, 1.807) is 0 Å². The third kappa shape index (κ3) is 5.45. The maximum atomic E-state index is 12.9. The molecule has 1 unspecified atom stereocenters. The largest absolute Gasteiger partial charge is 0.383 e. The molecule has 1 atom stereocenters. The minimum Gasteiger partial charge on any atom is -0.383 e. The number of nitrogen functional groups attached to an aromatic ring is 1. The van der Waals surface area contributed by atoms with Crippen LogP contribution in [0.5, 0.6) is 0 Å². The van der Waals surface area contributed by atoms with Gasteiger partial charge in [-0.2, -0.15) is 0 Å². The number of nitrogens with zero attached hydrogens (tertiary/aromatic N) is 2. The zero-order valence-corrected chi connectivity index (χ0v) is 16.5. The van der Waals surface area contributed by atoms with Crippen LogP contribution < -0.4 is 21.9 Å². The molecule has 2 rings (SSSR count). The molecule has 8 heteroatoms. The predicted molar refractivity (Wildman–Crippen MR) is 106 cm³/mol. The second kappa shape index (κ2) is 10.3. The van der Waals surface area contributed by atoms with Gasteiger partial charge in [-0.3, -0.25) is 19.1 Å². The van der Waals surface area contributed by atoms with Gasteiger partial charge in [0.25, 0.3) is 5.56 Å². The van der Waals surface area contributed by atoms with Gasteiger partial charge in [-0.1, -0.05) is 26.7 Å². The minimum atomic E-state index is -0.605. The van der Waals surface area contributed by atoms with Gasteiger partial charge in [0.05, 0.1) is 6.10 Å². The molecule has 1 fully saturated rings. The lowest BCUT2D eigenvalue weighted by atomic mass is 10.1. The van der Waals surface area contributed by atoms with Crippen LogP contribution in [0.25, 0.3) is 0 Å². The summed E-state index contributed by atoms with van der Waals surface area (Å²) in [6.45, 7) is 5.59. The molecule has 0 saturated carbocycles. The highest BCUT2D eigenvalue weighted by molar-refractivity contribution is 5.95. The fourth-order valence-corrected chi connectivity index (χ4v) is 3.35. The fraction of sp³-hybridized carbons (Fsp3) is 0.737. The standard InChI is InChI=1S/C19H32N4O4/c1-3-5-11-22(15(24)10-9-14-8-7-13-27-14)16-17(20)23(12-6-4-2)19(26)21-18(16)25/h14H,3-13,20H2,1-2H3,(H,21,25,26). The van der Waals surface area contributed by atoms with Crippen LogP contribution >= 0.6 is 0 Å². The number of nitrogens with two attached hydrogens (primary N) is 1. The molecule has 1 aromatic rings. The predicted octanol–water partition coefficient (Wildman–Crippen LogP) is 2.01. The second-order valence-corrected chi connectivity index (χ2v) is 7.07. The third-order valence-corrected chi connectivity index (χ3v) is 4.96. The number of H-pyrrole nitrogens is 1. The average Bonchev–Trinajstić information content (AvgIpc) is 3.15. The topological polar surface area (TPSA) is 110 Å². The number of nitrogens with one attached hydrogen (secondary N) is 1. The molecular formula is C19H32N4O4. The molecule has 152 valence electrons. The van der Waals surface area contributed by atoms with Crippen LogP contribution in [0, 0.1) is 0 Å². The summed E-state index contributed by atoms with van der Waals surface area (Å²) >= 11 is 0. The van der Waals surface area contributed by atoms with Crippen LogP contribution in [-0.2, 0) is 16.1 Å². The molecule has 0 aromatic carbocycles. The minimum absolute atomic E-state index is 0.0683. The summed E-state index contributed by atoms with van der Waals surface area (Å²) in [5, 5.41) is 0. The summed E-state index contributed by atoms with van der Waals surface area (Å²) in [5.41, 5.74) is 5.14. The van der Waals surface area contributed by atoms with Crippen LogP contribution in [0.1, 0.15) is 65.2 Å². The van der Waals surface area contributed by atoms with Crippen molar-refractivity contribution in [2.24, 2.45) is 0 Å². The third-order valence-electron chi connectivity index (χ3n) is 4.96. The smallest absolute Gasteiger partial charge is 0.330 e. The number of carbonyl (C=O) groups is 1. The Morgan fingerprint density at radius 3 is 2.67 bits per heavy atom. The first kappa shape index (κ1) is 21.2. The van der Waals surface area contributed by atoms with E-state index in [4.69, 9.17) is 10.5 Å². The Morgan fingerprint density at radius 1 is 1.30 bits per heavy atom. The van der Waals surface area contributed by atoms with Crippen molar-refractivity contribution in [1.82, 2.24) is 9.55 Å². The van der Waals surface area contributed by atoms with Crippen molar-refractivity contribution in [3.8, 4) is 0 Å². The van der Waals surface area contributed by atoms with Crippen LogP contribution in [0.15, 0.2) is 9.59 Å². The van der Waals surface area contributed by atoms with Crippen molar-refractivity contribution in [3.05, 3.63) is 20.8 Å². The number of hydrogen-bond acceptors (Lipinski definition) is 5. The Hall–Kier alpha value is -2.09. The van der Waals surface area contributed by atoms with E-state index in [-0.39, 0.29) is 23.5 Å². The van der Waals surface area contributed by atoms with Crippen LogP contribution in [0.3, 0.4) is 0 Å². The lowest BCUT2D eigenvalue weighted by Crippen LogP contribution is -2.41. The Kier molecular flexibility index (Phi) is 8.09. The molecule has 27 heavy (non-hydrogen) atoms. The maximum absolute atomic E-state index is 12.9. The Labute approximate surface area is 159 Å². The SMILES string of the molecule is CCCCN(C(=O)CCC1CCCO1)c1c(N)n(CCCC)c(=O)[nH]c1=O. The van der Waals surface area contributed by atoms with Gasteiger partial charge in [0.2, 0.25) is 5.91 Å². The quantitative estimate of drug-likeness (QED) is 0.645. The number of hydrogen-bond donors (Lipinski definition) is 2. The molecule has 2 heterocycles. The van der Waals surface area contributed by atoms with Crippen molar-refractivity contribution >= 4 is 17.4 Å². The van der Waals surface area contributed by atoms with Gasteiger partial charge >= 0.3 is 5.69 Å². The second-order valence-electron chi connectivity index (χ2n) is 7.07. The Morgan fingerprint density at radius 2 is 2.04 bits per heavy atom. The van der Waals surface area contributed by atoms with Crippen LogP contribution in [0.4, 0.5) is 11.5 Å². The molecule has 8 nitrogen and oxygen atoms in total. The monoisotopic (exact) mass is 380 g/mol. The molecule has 1 aliphatic rings. The van der Waals surface area contributed by atoms with E-state index < -0.39 is 11.2 Å². The fourth-order valence-electron chi connectivity index (χ4n) is 3.35. The molecule has 1 aliphatic heterocycles. The zero-order valence-electron chi connectivity index (χ0n) is 16.5. The van der Waals surface area contributed by atoms with E-state index in [0.29, 0.717) is 25.9 Å². The summed E-state index contributed by atoms with van der Waals surface area (Å²) < 4.78 is 6.94. The van der Waals surface area contributed by atoms with Crippen molar-refractivity contribution in [2.75, 3.05) is 23.8 Å². The van der Waals surface area contributed by atoms with Crippen molar-refractivity contribution in [2.45, 2.75) is 77.9 Å². The molecule has 1 saturated heterocycles. The molecular weight excluding hydrogens is 348 g/mol. The molecule has 1 amide bonds. The van der Waals surface area contributed by atoms with E-state index in [2.05, 4.69) is 4.98 Å². The molecule has 0 bridgehead atoms. The first-order valence-electron chi connectivity index (χ1n) is 10.0. The first-order chi connectivity index (χ1) is 13.0. The number of anilines is 2. The van der Waals surface area contributed by atoms with E-state index in [0.717, 1.165) is 45.1 Å². The summed E-state index contributed by atoms with van der Waals surface area (Å²) in [5.74, 6) is -0.0874. The van der Waals surface area contributed by atoms with Crippen LogP contribution in [0.2, 0.25) is 0 Å².